The first-order chi connectivity index (χ1) is 12.5. The third kappa shape index (κ3) is 3.93. The van der Waals surface area contributed by atoms with E-state index in [1.54, 1.807) is 14.2 Å². The van der Waals surface area contributed by atoms with Gasteiger partial charge in [-0.1, -0.05) is 38.1 Å². The Labute approximate surface area is 155 Å². The molecular weight excluding hydrogens is 324 g/mol. The van der Waals surface area contributed by atoms with Gasteiger partial charge in [0.05, 0.1) is 14.2 Å². The summed E-state index contributed by atoms with van der Waals surface area (Å²) in [6.45, 7) is 10.3. The van der Waals surface area contributed by atoms with Crippen molar-refractivity contribution in [2.45, 2.75) is 33.6 Å². The Kier molecular flexibility index (Phi) is 6.51. The van der Waals surface area contributed by atoms with Crippen molar-refractivity contribution in [2.24, 2.45) is 0 Å². The molecule has 2 aromatic carbocycles. The predicted octanol–water partition coefficient (Wildman–Crippen LogP) is 3.96. The van der Waals surface area contributed by atoms with Crippen LogP contribution in [0.15, 0.2) is 30.8 Å². The van der Waals surface area contributed by atoms with Crippen LogP contribution >= 0.6 is 0 Å². The van der Waals surface area contributed by atoms with E-state index in [0.717, 1.165) is 40.0 Å². The van der Waals surface area contributed by atoms with Crippen molar-refractivity contribution >= 4 is 17.7 Å². The lowest BCUT2D eigenvalue weighted by Gasteiger charge is -2.13. The van der Waals surface area contributed by atoms with Gasteiger partial charge in [0.25, 0.3) is 0 Å². The number of phenols is 1. The van der Waals surface area contributed by atoms with Crippen LogP contribution in [-0.4, -0.2) is 19.3 Å². The number of hydrogen-bond acceptors (Lipinski definition) is 3. The number of aromatic hydroxyl groups is 1. The molecule has 0 amide bonds. The van der Waals surface area contributed by atoms with Gasteiger partial charge in [-0.25, -0.2) is 0 Å². The summed E-state index contributed by atoms with van der Waals surface area (Å²) in [6.07, 6.45) is 6.01. The van der Waals surface area contributed by atoms with Gasteiger partial charge in [0.15, 0.2) is 11.5 Å². The van der Waals surface area contributed by atoms with E-state index < -0.39 is 0 Å². The normalized spacial score (nSPS) is 12.3. The lowest BCUT2D eigenvalue weighted by atomic mass is 9.94. The Bertz CT molecular complexity index is 923. The minimum atomic E-state index is 0.295. The monoisotopic (exact) mass is 352 g/mol. The van der Waals surface area contributed by atoms with Crippen molar-refractivity contribution in [1.82, 2.24) is 0 Å². The number of aryl methyl sites for hydroxylation is 2. The smallest absolute Gasteiger partial charge is 0.168 e. The number of benzene rings is 2. The zero-order valence-corrected chi connectivity index (χ0v) is 16.3. The summed E-state index contributed by atoms with van der Waals surface area (Å²) in [7, 11) is 3.27. The largest absolute Gasteiger partial charge is 0.508 e. The summed E-state index contributed by atoms with van der Waals surface area (Å²) in [6, 6.07) is 7.75. The van der Waals surface area contributed by atoms with Gasteiger partial charge in [0.1, 0.15) is 5.75 Å². The van der Waals surface area contributed by atoms with Crippen LogP contribution in [0.25, 0.3) is 17.7 Å². The van der Waals surface area contributed by atoms with E-state index in [1.807, 2.05) is 44.2 Å². The van der Waals surface area contributed by atoms with Crippen molar-refractivity contribution < 1.29 is 14.6 Å². The van der Waals surface area contributed by atoms with Crippen molar-refractivity contribution in [1.29, 1.82) is 0 Å². The van der Waals surface area contributed by atoms with Gasteiger partial charge < -0.3 is 14.6 Å². The van der Waals surface area contributed by atoms with Crippen LogP contribution in [0.4, 0.5) is 0 Å². The molecule has 26 heavy (non-hydrogen) atoms. The van der Waals surface area contributed by atoms with Crippen LogP contribution in [0.5, 0.6) is 17.2 Å². The van der Waals surface area contributed by atoms with Crippen molar-refractivity contribution in [3.63, 3.8) is 0 Å². The molecule has 2 aromatic rings. The minimum absolute atomic E-state index is 0.295. The number of allylic oxidation sites excluding steroid dienone is 1. The molecule has 138 valence electrons. The van der Waals surface area contributed by atoms with E-state index >= 15 is 0 Å². The molecule has 0 aliphatic carbocycles. The molecule has 3 heteroatoms. The van der Waals surface area contributed by atoms with Crippen LogP contribution in [0.3, 0.4) is 0 Å². The lowest BCUT2D eigenvalue weighted by Crippen LogP contribution is -2.26. The average molecular weight is 352 g/mol. The first kappa shape index (κ1) is 19.6. The fraction of sp³-hybridized carbons (Fsp3) is 0.304. The number of methoxy groups -OCH3 is 2. The van der Waals surface area contributed by atoms with Crippen LogP contribution in [0, 0.1) is 6.92 Å². The minimum Gasteiger partial charge on any atom is -0.508 e. The molecule has 0 aliphatic rings. The first-order valence-electron chi connectivity index (χ1n) is 8.87. The van der Waals surface area contributed by atoms with Gasteiger partial charge in [0.2, 0.25) is 0 Å². The number of phenolic OH excluding ortho intramolecular Hbond substituents is 1. The van der Waals surface area contributed by atoms with Crippen molar-refractivity contribution in [2.75, 3.05) is 14.2 Å². The topological polar surface area (TPSA) is 38.7 Å². The summed E-state index contributed by atoms with van der Waals surface area (Å²) in [5, 5.41) is 12.1. The van der Waals surface area contributed by atoms with Gasteiger partial charge in [-0.2, -0.15) is 0 Å². The van der Waals surface area contributed by atoms with Gasteiger partial charge in [-0.15, -0.1) is 0 Å². The molecule has 0 saturated carbocycles. The molecule has 3 nitrogen and oxygen atoms in total. The Morgan fingerprint density at radius 2 is 1.92 bits per heavy atom. The highest BCUT2D eigenvalue weighted by Crippen LogP contribution is 2.28. The van der Waals surface area contributed by atoms with Crippen LogP contribution in [0.2, 0.25) is 0 Å². The van der Waals surface area contributed by atoms with E-state index in [4.69, 9.17) is 9.47 Å². The standard InChI is InChI=1S/C23H28O3/c1-7-9-17-13-16(4)21(24)14-20(17)15(3)12-18-10-11-22(25-5)23(26-6)19(18)8-2/h8,10-14,24H,3,7,9H2,1-2,4-6H3/b18-12-,19-8+. The molecule has 0 aliphatic heterocycles. The fourth-order valence-corrected chi connectivity index (χ4v) is 3.19. The summed E-state index contributed by atoms with van der Waals surface area (Å²) in [5.74, 6) is 1.70. The first-order valence-corrected chi connectivity index (χ1v) is 8.87. The SMILES string of the molecule is C=C(/C=c1/ccc(OC)c(OC)/c1=C/C)c1cc(O)c(C)cc1CCC. The third-order valence-corrected chi connectivity index (χ3v) is 4.52. The molecular formula is C23H28O3. The zero-order valence-electron chi connectivity index (χ0n) is 16.3. The van der Waals surface area contributed by atoms with E-state index in [2.05, 4.69) is 19.6 Å². The highest BCUT2D eigenvalue weighted by atomic mass is 16.5. The van der Waals surface area contributed by atoms with Crippen molar-refractivity contribution in [3.8, 4) is 17.2 Å². The summed E-state index contributed by atoms with van der Waals surface area (Å²) in [5.41, 5.74) is 3.93. The zero-order chi connectivity index (χ0) is 19.3. The summed E-state index contributed by atoms with van der Waals surface area (Å²) < 4.78 is 10.9. The van der Waals surface area contributed by atoms with Crippen LogP contribution in [0.1, 0.15) is 37.0 Å². The van der Waals surface area contributed by atoms with Gasteiger partial charge in [-0.05, 0) is 66.0 Å². The molecule has 0 aromatic heterocycles. The fourth-order valence-electron chi connectivity index (χ4n) is 3.19. The molecule has 0 spiro atoms. The second-order valence-corrected chi connectivity index (χ2v) is 6.31. The maximum Gasteiger partial charge on any atom is 0.168 e. The maximum absolute atomic E-state index is 10.2. The van der Waals surface area contributed by atoms with Gasteiger partial charge >= 0.3 is 0 Å². The predicted molar refractivity (Wildman–Crippen MR) is 109 cm³/mol. The molecule has 0 heterocycles. The lowest BCUT2D eigenvalue weighted by molar-refractivity contribution is 0.352. The molecule has 2 rings (SSSR count). The molecule has 0 unspecified atom stereocenters. The second-order valence-electron chi connectivity index (χ2n) is 6.31. The van der Waals surface area contributed by atoms with Crippen LogP contribution < -0.4 is 19.9 Å². The molecule has 0 bridgehead atoms. The Morgan fingerprint density at radius 1 is 1.19 bits per heavy atom. The third-order valence-electron chi connectivity index (χ3n) is 4.52. The Hall–Kier alpha value is -2.68. The average Bonchev–Trinajstić information content (AvgIpc) is 2.63. The second kappa shape index (κ2) is 8.61. The van der Waals surface area contributed by atoms with Gasteiger partial charge in [0, 0.05) is 5.22 Å². The quantitative estimate of drug-likeness (QED) is 0.855. The summed E-state index contributed by atoms with van der Waals surface area (Å²) in [4.78, 5) is 0. The molecule has 1 N–H and O–H groups in total. The Balaban J connectivity index is 2.65. The van der Waals surface area contributed by atoms with E-state index in [0.29, 0.717) is 17.2 Å². The highest BCUT2D eigenvalue weighted by molar-refractivity contribution is 5.88. The van der Waals surface area contributed by atoms with E-state index in [9.17, 15) is 5.11 Å². The molecule has 0 atom stereocenters. The number of rotatable bonds is 6. The van der Waals surface area contributed by atoms with Gasteiger partial charge in [-0.3, -0.25) is 0 Å². The molecule has 0 radical (unpaired) electrons. The maximum atomic E-state index is 10.2. The number of ether oxygens (including phenoxy) is 2. The number of hydrogen-bond donors (Lipinski definition) is 1. The van der Waals surface area contributed by atoms with E-state index in [1.165, 1.54) is 5.56 Å². The summed E-state index contributed by atoms with van der Waals surface area (Å²) >= 11 is 0. The molecule has 0 fully saturated rings. The van der Waals surface area contributed by atoms with Crippen LogP contribution in [-0.2, 0) is 6.42 Å². The highest BCUT2D eigenvalue weighted by Gasteiger charge is 2.10. The van der Waals surface area contributed by atoms with E-state index in [-0.39, 0.29) is 0 Å². The Morgan fingerprint density at radius 3 is 2.50 bits per heavy atom. The van der Waals surface area contributed by atoms with Crippen molar-refractivity contribution in [3.05, 3.63) is 58.0 Å². The molecule has 0 saturated heterocycles.